The molecule has 2 amide bonds. The van der Waals surface area contributed by atoms with E-state index in [0.29, 0.717) is 5.69 Å². The first-order valence-corrected chi connectivity index (χ1v) is 14.2. The maximum absolute atomic E-state index is 13.3. The van der Waals surface area contributed by atoms with Crippen molar-refractivity contribution in [2.75, 3.05) is 5.32 Å². The molecular weight excluding hydrogens is 499 g/mol. The fourth-order valence-corrected chi connectivity index (χ4v) is 7.02. The molecule has 5 aromatic carbocycles. The summed E-state index contributed by atoms with van der Waals surface area (Å²) in [5.74, 6) is -1.39. The number of hydrogen-bond acceptors (Lipinski definition) is 2. The smallest absolute Gasteiger partial charge is 0.313 e. The molecule has 0 unspecified atom stereocenters. The molecule has 0 saturated heterocycles. The van der Waals surface area contributed by atoms with E-state index in [9.17, 15) is 9.59 Å². The predicted molar refractivity (Wildman–Crippen MR) is 161 cm³/mol. The summed E-state index contributed by atoms with van der Waals surface area (Å²) in [5, 5.41) is 9.30. The van der Waals surface area contributed by atoms with E-state index < -0.39 is 25.8 Å². The molecule has 4 nitrogen and oxygen atoms in total. The monoisotopic (exact) mass is 528 g/mol. The second kappa shape index (κ2) is 12.3. The van der Waals surface area contributed by atoms with E-state index in [1.165, 1.54) is 10.6 Å². The van der Waals surface area contributed by atoms with E-state index in [-0.39, 0.29) is 0 Å². The molecule has 0 heterocycles. The molecule has 5 rings (SSSR count). The van der Waals surface area contributed by atoms with Gasteiger partial charge in [0.05, 0.1) is 6.04 Å². The highest BCUT2D eigenvalue weighted by atomic mass is 31.1. The van der Waals surface area contributed by atoms with Crippen LogP contribution in [0.1, 0.15) is 22.7 Å². The van der Waals surface area contributed by atoms with E-state index in [1.807, 2.05) is 79.7 Å². The van der Waals surface area contributed by atoms with Crippen LogP contribution < -0.4 is 26.5 Å². The Balaban J connectivity index is 1.55. The molecule has 0 aromatic heterocycles. The number of carbonyl (C=O) groups excluding carboxylic acids is 2. The summed E-state index contributed by atoms with van der Waals surface area (Å²) in [7, 11) is -0.925. The summed E-state index contributed by atoms with van der Waals surface area (Å²) in [6.45, 7) is 1.97. The minimum Gasteiger partial charge on any atom is -0.337 e. The molecule has 0 fully saturated rings. The summed E-state index contributed by atoms with van der Waals surface area (Å²) in [4.78, 5) is 26.2. The molecule has 192 valence electrons. The topological polar surface area (TPSA) is 58.2 Å². The molecule has 2 N–H and O–H groups in total. The van der Waals surface area contributed by atoms with Crippen LogP contribution in [0.5, 0.6) is 0 Å². The lowest BCUT2D eigenvalue weighted by molar-refractivity contribution is -0.136. The molecule has 0 bridgehead atoms. The van der Waals surface area contributed by atoms with Crippen LogP contribution in [-0.4, -0.2) is 11.8 Å². The van der Waals surface area contributed by atoms with Gasteiger partial charge in [-0.1, -0.05) is 133 Å². The number of rotatable bonds is 7. The van der Waals surface area contributed by atoms with Gasteiger partial charge in [0.15, 0.2) is 0 Å². The van der Waals surface area contributed by atoms with Crippen molar-refractivity contribution >= 4 is 41.3 Å². The Kier molecular flexibility index (Phi) is 8.26. The Morgan fingerprint density at radius 2 is 1.10 bits per heavy atom. The van der Waals surface area contributed by atoms with Gasteiger partial charge in [-0.2, -0.15) is 0 Å². The van der Waals surface area contributed by atoms with Gasteiger partial charge in [0.2, 0.25) is 0 Å². The second-order valence-corrected chi connectivity index (χ2v) is 11.4. The third kappa shape index (κ3) is 6.31. The standard InChI is InChI=1S/C34H29N2O2P/c1-25-21-23-27(24-22-25)35-33(37)34(38)36-32(26-13-5-2-6-14-26)30-19-11-12-20-31(30)39(28-15-7-3-8-16-28)29-17-9-4-10-18-29/h2-24,32H,1H3,(H,35,37)(H,36,38)/t32-/m1/s1. The maximum Gasteiger partial charge on any atom is 0.313 e. The van der Waals surface area contributed by atoms with Crippen molar-refractivity contribution in [1.29, 1.82) is 0 Å². The highest BCUT2D eigenvalue weighted by Crippen LogP contribution is 2.36. The van der Waals surface area contributed by atoms with Crippen LogP contribution in [0.15, 0.2) is 140 Å². The molecule has 1 atom stereocenters. The SMILES string of the molecule is Cc1ccc(NC(=O)C(=O)N[C@H](c2ccccc2)c2ccccc2P(c2ccccc2)c2ccccc2)cc1. The molecule has 0 saturated carbocycles. The minimum absolute atomic E-state index is 0.518. The summed E-state index contributed by atoms with van der Waals surface area (Å²) in [6.07, 6.45) is 0. The van der Waals surface area contributed by atoms with Crippen molar-refractivity contribution < 1.29 is 9.59 Å². The van der Waals surface area contributed by atoms with Gasteiger partial charge in [-0.05, 0) is 54.0 Å². The van der Waals surface area contributed by atoms with Crippen molar-refractivity contribution in [1.82, 2.24) is 5.32 Å². The van der Waals surface area contributed by atoms with Crippen LogP contribution in [0.3, 0.4) is 0 Å². The van der Waals surface area contributed by atoms with Gasteiger partial charge in [-0.15, -0.1) is 0 Å². The number of nitrogens with one attached hydrogen (secondary N) is 2. The van der Waals surface area contributed by atoms with Crippen LogP contribution >= 0.6 is 7.92 Å². The third-order valence-electron chi connectivity index (χ3n) is 6.44. The van der Waals surface area contributed by atoms with Gasteiger partial charge in [-0.25, -0.2) is 0 Å². The van der Waals surface area contributed by atoms with Crippen molar-refractivity contribution in [3.8, 4) is 0 Å². The first-order chi connectivity index (χ1) is 19.1. The van der Waals surface area contributed by atoms with Gasteiger partial charge in [-0.3, -0.25) is 9.59 Å². The first kappa shape index (κ1) is 26.1. The predicted octanol–water partition coefficient (Wildman–Crippen LogP) is 5.60. The van der Waals surface area contributed by atoms with E-state index in [4.69, 9.17) is 0 Å². The maximum atomic E-state index is 13.3. The summed E-state index contributed by atoms with van der Waals surface area (Å²) < 4.78 is 0. The van der Waals surface area contributed by atoms with Crippen LogP contribution in [0.4, 0.5) is 5.69 Å². The molecular formula is C34H29N2O2P. The molecule has 0 spiro atoms. The van der Waals surface area contributed by atoms with Gasteiger partial charge < -0.3 is 10.6 Å². The Bertz CT molecular complexity index is 1500. The lowest BCUT2D eigenvalue weighted by Crippen LogP contribution is -2.40. The number of benzene rings is 5. The van der Waals surface area contributed by atoms with E-state index >= 15 is 0 Å². The van der Waals surface area contributed by atoms with Crippen LogP contribution in [0.25, 0.3) is 0 Å². The normalized spacial score (nSPS) is 11.5. The van der Waals surface area contributed by atoms with Crippen molar-refractivity contribution in [3.63, 3.8) is 0 Å². The van der Waals surface area contributed by atoms with Gasteiger partial charge in [0.25, 0.3) is 0 Å². The number of amides is 2. The third-order valence-corrected chi connectivity index (χ3v) is 8.96. The largest absolute Gasteiger partial charge is 0.337 e. The zero-order valence-corrected chi connectivity index (χ0v) is 22.5. The molecule has 0 aliphatic heterocycles. The lowest BCUT2D eigenvalue weighted by atomic mass is 9.98. The number of carbonyl (C=O) groups is 2. The fourth-order valence-electron chi connectivity index (χ4n) is 4.52. The Morgan fingerprint density at radius 1 is 0.590 bits per heavy atom. The molecule has 0 aliphatic rings. The number of hydrogen-bond donors (Lipinski definition) is 2. The molecule has 0 radical (unpaired) electrons. The second-order valence-electron chi connectivity index (χ2n) is 9.20. The first-order valence-electron chi connectivity index (χ1n) is 12.8. The van der Waals surface area contributed by atoms with Gasteiger partial charge in [0, 0.05) is 5.69 Å². The Labute approximate surface area is 230 Å². The number of anilines is 1. The average Bonchev–Trinajstić information content (AvgIpc) is 2.99. The van der Waals surface area contributed by atoms with E-state index in [1.54, 1.807) is 12.1 Å². The van der Waals surface area contributed by atoms with Gasteiger partial charge >= 0.3 is 11.8 Å². The van der Waals surface area contributed by atoms with Crippen LogP contribution in [-0.2, 0) is 9.59 Å². The fraction of sp³-hybridized carbons (Fsp3) is 0.0588. The minimum atomic E-state index is -0.925. The van der Waals surface area contributed by atoms with Crippen LogP contribution in [0.2, 0.25) is 0 Å². The van der Waals surface area contributed by atoms with E-state index in [2.05, 4.69) is 65.2 Å². The molecule has 5 aromatic rings. The summed E-state index contributed by atoms with van der Waals surface area (Å²) >= 11 is 0. The molecule has 5 heteroatoms. The zero-order valence-electron chi connectivity index (χ0n) is 21.6. The van der Waals surface area contributed by atoms with E-state index in [0.717, 1.165) is 22.0 Å². The summed E-state index contributed by atoms with van der Waals surface area (Å²) in [5.41, 5.74) is 3.51. The summed E-state index contributed by atoms with van der Waals surface area (Å²) in [6, 6.07) is 45.7. The highest BCUT2D eigenvalue weighted by molar-refractivity contribution is 7.79. The quantitative estimate of drug-likeness (QED) is 0.214. The van der Waals surface area contributed by atoms with Crippen molar-refractivity contribution in [2.45, 2.75) is 13.0 Å². The highest BCUT2D eigenvalue weighted by Gasteiger charge is 2.27. The molecule has 0 aliphatic carbocycles. The van der Waals surface area contributed by atoms with Crippen molar-refractivity contribution in [2.24, 2.45) is 0 Å². The Hall–Kier alpha value is -4.53. The van der Waals surface area contributed by atoms with Gasteiger partial charge in [0.1, 0.15) is 0 Å². The number of aryl methyl sites for hydroxylation is 1. The lowest BCUT2D eigenvalue weighted by Gasteiger charge is -2.27. The van der Waals surface area contributed by atoms with Crippen LogP contribution in [0, 0.1) is 6.92 Å². The average molecular weight is 529 g/mol. The van der Waals surface area contributed by atoms with Crippen molar-refractivity contribution in [3.05, 3.63) is 156 Å². The zero-order chi connectivity index (χ0) is 27.0. The molecule has 39 heavy (non-hydrogen) atoms. The Morgan fingerprint density at radius 3 is 1.69 bits per heavy atom.